The van der Waals surface area contributed by atoms with E-state index in [1.54, 1.807) is 11.0 Å². The van der Waals surface area contributed by atoms with Crippen LogP contribution >= 0.6 is 0 Å². The first-order valence-corrected chi connectivity index (χ1v) is 4.74. The highest BCUT2D eigenvalue weighted by atomic mass is 19.3. The Balaban J connectivity index is 2.22. The second-order valence-electron chi connectivity index (χ2n) is 3.84. The summed E-state index contributed by atoms with van der Waals surface area (Å²) in [6.07, 6.45) is 1.62. The maximum Gasteiger partial charge on any atom is 0.282 e. The number of pyridine rings is 1. The van der Waals surface area contributed by atoms with Crippen molar-refractivity contribution in [1.82, 2.24) is 4.98 Å². The third kappa shape index (κ3) is 1.98. The molecule has 0 atom stereocenters. The van der Waals surface area contributed by atoms with Crippen LogP contribution < -0.4 is 4.90 Å². The van der Waals surface area contributed by atoms with Gasteiger partial charge >= 0.3 is 0 Å². The molecular weight excluding hydrogens is 198 g/mol. The lowest BCUT2D eigenvalue weighted by atomic mass is 10.1. The largest absolute Gasteiger partial charge is 0.344 e. The molecule has 0 unspecified atom stereocenters. The van der Waals surface area contributed by atoms with Crippen LogP contribution in [0.25, 0.3) is 6.08 Å². The van der Waals surface area contributed by atoms with Gasteiger partial charge in [0, 0.05) is 0 Å². The molecule has 1 aromatic rings. The Labute approximate surface area is 87.2 Å². The van der Waals surface area contributed by atoms with Crippen LogP contribution in [0.4, 0.5) is 14.6 Å². The molecule has 2 rings (SSSR count). The Morgan fingerprint density at radius 1 is 1.47 bits per heavy atom. The molecule has 1 aromatic heterocycles. The Kier molecular flexibility index (Phi) is 2.21. The van der Waals surface area contributed by atoms with Crippen LogP contribution in [-0.2, 0) is 0 Å². The molecule has 15 heavy (non-hydrogen) atoms. The monoisotopic (exact) mass is 210 g/mol. The fraction of sp³-hybridized carbons (Fsp3) is 0.364. The normalized spacial score (nSPS) is 18.5. The molecule has 80 valence electrons. The number of hydrogen-bond acceptors (Lipinski definition) is 2. The average Bonchev–Trinajstić information content (AvgIpc) is 2.13. The van der Waals surface area contributed by atoms with Crippen LogP contribution in [0.5, 0.6) is 0 Å². The quantitative estimate of drug-likeness (QED) is 0.745. The van der Waals surface area contributed by atoms with Crippen molar-refractivity contribution in [2.45, 2.75) is 12.8 Å². The Morgan fingerprint density at radius 2 is 2.13 bits per heavy atom. The molecule has 1 aliphatic heterocycles. The minimum Gasteiger partial charge on any atom is -0.344 e. The van der Waals surface area contributed by atoms with E-state index < -0.39 is 5.92 Å². The number of anilines is 1. The van der Waals surface area contributed by atoms with Crippen molar-refractivity contribution in [3.8, 4) is 0 Å². The van der Waals surface area contributed by atoms with Crippen LogP contribution in [0.15, 0.2) is 18.7 Å². The van der Waals surface area contributed by atoms with Crippen LogP contribution in [0.2, 0.25) is 0 Å². The number of alkyl halides is 2. The highest BCUT2D eigenvalue weighted by molar-refractivity contribution is 5.52. The molecule has 1 aliphatic rings. The zero-order valence-electron chi connectivity index (χ0n) is 8.50. The van der Waals surface area contributed by atoms with Crippen molar-refractivity contribution in [2.24, 2.45) is 0 Å². The Morgan fingerprint density at radius 3 is 2.67 bits per heavy atom. The van der Waals surface area contributed by atoms with Gasteiger partial charge in [0.25, 0.3) is 5.92 Å². The van der Waals surface area contributed by atoms with E-state index in [-0.39, 0.29) is 13.1 Å². The number of hydrogen-bond donors (Lipinski definition) is 0. The highest BCUT2D eigenvalue weighted by Gasteiger charge is 2.44. The third-order valence-corrected chi connectivity index (χ3v) is 2.35. The van der Waals surface area contributed by atoms with Gasteiger partial charge in [0.05, 0.1) is 18.8 Å². The summed E-state index contributed by atoms with van der Waals surface area (Å²) in [5, 5.41) is 0. The zero-order valence-corrected chi connectivity index (χ0v) is 8.50. The van der Waals surface area contributed by atoms with E-state index in [0.717, 1.165) is 11.3 Å². The van der Waals surface area contributed by atoms with E-state index in [9.17, 15) is 8.78 Å². The summed E-state index contributed by atoms with van der Waals surface area (Å²) in [4.78, 5) is 5.78. The van der Waals surface area contributed by atoms with Crippen molar-refractivity contribution in [3.63, 3.8) is 0 Å². The van der Waals surface area contributed by atoms with Gasteiger partial charge in [0.2, 0.25) is 0 Å². The van der Waals surface area contributed by atoms with Crippen LogP contribution in [0.1, 0.15) is 11.3 Å². The van der Waals surface area contributed by atoms with Gasteiger partial charge in [-0.1, -0.05) is 6.58 Å². The first-order chi connectivity index (χ1) is 7.00. The van der Waals surface area contributed by atoms with E-state index in [0.29, 0.717) is 5.82 Å². The number of aryl methyl sites for hydroxylation is 1. The molecule has 0 aromatic carbocycles. The molecule has 0 saturated carbocycles. The molecule has 0 radical (unpaired) electrons. The second-order valence-corrected chi connectivity index (χ2v) is 3.84. The highest BCUT2D eigenvalue weighted by Crippen LogP contribution is 2.31. The van der Waals surface area contributed by atoms with Gasteiger partial charge in [-0.15, -0.1) is 0 Å². The summed E-state index contributed by atoms with van der Waals surface area (Å²) in [6.45, 7) is 5.06. The van der Waals surface area contributed by atoms with Gasteiger partial charge in [-0.25, -0.2) is 13.8 Å². The smallest absolute Gasteiger partial charge is 0.282 e. The van der Waals surface area contributed by atoms with E-state index in [1.807, 2.05) is 19.1 Å². The Bertz CT molecular complexity index is 394. The van der Waals surface area contributed by atoms with Gasteiger partial charge < -0.3 is 4.90 Å². The van der Waals surface area contributed by atoms with E-state index in [4.69, 9.17) is 0 Å². The lowest BCUT2D eigenvalue weighted by Crippen LogP contribution is -2.56. The molecule has 0 amide bonds. The van der Waals surface area contributed by atoms with Crippen molar-refractivity contribution in [2.75, 3.05) is 18.0 Å². The number of halogens is 2. The summed E-state index contributed by atoms with van der Waals surface area (Å²) in [6, 6.07) is 3.68. The minimum absolute atomic E-state index is 0.236. The topological polar surface area (TPSA) is 16.1 Å². The molecule has 2 heterocycles. The summed E-state index contributed by atoms with van der Waals surface area (Å²) in [5.41, 5.74) is 1.73. The number of nitrogens with zero attached hydrogens (tertiary/aromatic N) is 2. The standard InChI is InChI=1S/C11H12F2N2/c1-3-9-4-8(2)5-10(14-9)15-6-11(12,13)7-15/h3-5H,1,6-7H2,2H3. The van der Waals surface area contributed by atoms with Crippen LogP contribution in [0.3, 0.4) is 0 Å². The first kappa shape index (κ1) is 10.1. The maximum atomic E-state index is 12.7. The van der Waals surface area contributed by atoms with Gasteiger partial charge in [0.15, 0.2) is 0 Å². The Hall–Kier alpha value is -1.45. The van der Waals surface area contributed by atoms with E-state index >= 15 is 0 Å². The van der Waals surface area contributed by atoms with Crippen molar-refractivity contribution < 1.29 is 8.78 Å². The van der Waals surface area contributed by atoms with Gasteiger partial charge in [-0.2, -0.15) is 0 Å². The lowest BCUT2D eigenvalue weighted by molar-refractivity contribution is -0.0267. The molecule has 2 nitrogen and oxygen atoms in total. The summed E-state index contributed by atoms with van der Waals surface area (Å²) >= 11 is 0. The zero-order chi connectivity index (χ0) is 11.1. The first-order valence-electron chi connectivity index (χ1n) is 4.74. The molecular formula is C11H12F2N2. The molecule has 4 heteroatoms. The SMILES string of the molecule is C=Cc1cc(C)cc(N2CC(F)(F)C2)n1. The van der Waals surface area contributed by atoms with Crippen molar-refractivity contribution in [3.05, 3.63) is 30.0 Å². The molecule has 1 fully saturated rings. The summed E-state index contributed by atoms with van der Waals surface area (Å²) < 4.78 is 25.3. The fourth-order valence-corrected chi connectivity index (χ4v) is 1.62. The molecule has 0 spiro atoms. The average molecular weight is 210 g/mol. The fourth-order valence-electron chi connectivity index (χ4n) is 1.62. The van der Waals surface area contributed by atoms with Crippen LogP contribution in [0, 0.1) is 6.92 Å². The molecule has 1 saturated heterocycles. The van der Waals surface area contributed by atoms with Gasteiger partial charge in [-0.3, -0.25) is 0 Å². The van der Waals surface area contributed by atoms with Crippen molar-refractivity contribution >= 4 is 11.9 Å². The predicted molar refractivity (Wildman–Crippen MR) is 56.2 cm³/mol. The molecule has 0 bridgehead atoms. The van der Waals surface area contributed by atoms with E-state index in [2.05, 4.69) is 11.6 Å². The molecule has 0 N–H and O–H groups in total. The number of rotatable bonds is 2. The molecule has 0 aliphatic carbocycles. The maximum absolute atomic E-state index is 12.7. The second kappa shape index (κ2) is 3.29. The van der Waals surface area contributed by atoms with Crippen LogP contribution in [-0.4, -0.2) is 24.0 Å². The van der Waals surface area contributed by atoms with Gasteiger partial charge in [-0.05, 0) is 30.7 Å². The van der Waals surface area contributed by atoms with Crippen molar-refractivity contribution in [1.29, 1.82) is 0 Å². The predicted octanol–water partition coefficient (Wildman–Crippen LogP) is 2.49. The van der Waals surface area contributed by atoms with Gasteiger partial charge in [0.1, 0.15) is 5.82 Å². The number of aromatic nitrogens is 1. The summed E-state index contributed by atoms with van der Waals surface area (Å²) in [5.74, 6) is -1.95. The third-order valence-electron chi connectivity index (χ3n) is 2.35. The minimum atomic E-state index is -2.56. The van der Waals surface area contributed by atoms with E-state index in [1.165, 1.54) is 0 Å². The lowest BCUT2D eigenvalue weighted by Gasteiger charge is -2.39. The summed E-state index contributed by atoms with van der Waals surface area (Å²) in [7, 11) is 0.